The highest BCUT2D eigenvalue weighted by molar-refractivity contribution is 6.09. The van der Waals surface area contributed by atoms with Crippen molar-refractivity contribution in [3.8, 4) is 22.3 Å². The minimum Gasteiger partial charge on any atom is -0.0622 e. The average Bonchev–Trinajstić information content (AvgIpc) is 2.90. The molecule has 7 rings (SSSR count). The lowest BCUT2D eigenvalue weighted by atomic mass is 9.90. The molecule has 0 spiro atoms. The highest BCUT2D eigenvalue weighted by atomic mass is 14.1. The molecular formula is C34H22. The van der Waals surface area contributed by atoms with E-state index in [1.807, 2.05) is 0 Å². The summed E-state index contributed by atoms with van der Waals surface area (Å²) in [6, 6.07) is 48.7. The molecule has 34 heavy (non-hydrogen) atoms. The Kier molecular flexibility index (Phi) is 4.25. The van der Waals surface area contributed by atoms with Gasteiger partial charge in [0, 0.05) is 0 Å². The van der Waals surface area contributed by atoms with Gasteiger partial charge in [-0.15, -0.1) is 0 Å². The van der Waals surface area contributed by atoms with Crippen LogP contribution in [0.25, 0.3) is 65.3 Å². The molecule has 0 nitrogen and oxygen atoms in total. The van der Waals surface area contributed by atoms with Gasteiger partial charge in [-0.2, -0.15) is 0 Å². The van der Waals surface area contributed by atoms with Gasteiger partial charge in [0.15, 0.2) is 0 Å². The monoisotopic (exact) mass is 430 g/mol. The zero-order valence-corrected chi connectivity index (χ0v) is 18.7. The second-order valence-electron chi connectivity index (χ2n) is 9.08. The van der Waals surface area contributed by atoms with Crippen LogP contribution in [0.5, 0.6) is 0 Å². The number of fused-ring (bicyclic) bond motifs is 4. The van der Waals surface area contributed by atoms with Crippen LogP contribution in [0, 0.1) is 0 Å². The molecule has 7 aromatic carbocycles. The molecule has 0 bridgehead atoms. The fourth-order valence-corrected chi connectivity index (χ4v) is 5.21. The summed E-state index contributed by atoms with van der Waals surface area (Å²) in [6.45, 7) is 0. The Labute approximate surface area is 198 Å². The van der Waals surface area contributed by atoms with Crippen molar-refractivity contribution >= 4 is 43.1 Å². The van der Waals surface area contributed by atoms with Crippen LogP contribution >= 0.6 is 0 Å². The zero-order valence-electron chi connectivity index (χ0n) is 18.7. The number of hydrogen-bond donors (Lipinski definition) is 0. The SMILES string of the molecule is c1ccc(-c2cc3cc4cc5cc6ccccc6cc5cc4cc3cc2-c2ccccc2)cc1. The summed E-state index contributed by atoms with van der Waals surface area (Å²) in [5.41, 5.74) is 5.03. The fourth-order valence-electron chi connectivity index (χ4n) is 5.21. The molecule has 0 atom stereocenters. The van der Waals surface area contributed by atoms with Crippen LogP contribution in [0.15, 0.2) is 133 Å². The predicted octanol–water partition coefficient (Wildman–Crippen LogP) is 9.63. The lowest BCUT2D eigenvalue weighted by Crippen LogP contribution is -1.87. The standard InChI is InChI=1S/C34H22/c1-3-9-23(10-4-1)33-21-31-19-29-17-27-15-25-13-7-8-14-26(25)16-28(27)18-30(29)20-32(31)22-34(33)24-11-5-2-6-12-24/h1-22H. The van der Waals surface area contributed by atoms with Crippen molar-refractivity contribution in [1.82, 2.24) is 0 Å². The smallest absolute Gasteiger partial charge is 0.00990 e. The molecule has 0 aromatic heterocycles. The van der Waals surface area contributed by atoms with Crippen molar-refractivity contribution in [2.75, 3.05) is 0 Å². The molecule has 0 heterocycles. The van der Waals surface area contributed by atoms with Crippen molar-refractivity contribution in [3.05, 3.63) is 133 Å². The highest BCUT2D eigenvalue weighted by Crippen LogP contribution is 2.38. The Morgan fingerprint density at radius 1 is 0.235 bits per heavy atom. The minimum atomic E-state index is 1.24. The zero-order chi connectivity index (χ0) is 22.5. The lowest BCUT2D eigenvalue weighted by molar-refractivity contribution is 1.61. The van der Waals surface area contributed by atoms with Crippen molar-refractivity contribution in [2.24, 2.45) is 0 Å². The normalized spacial score (nSPS) is 11.5. The number of hydrogen-bond acceptors (Lipinski definition) is 0. The molecule has 158 valence electrons. The molecule has 0 aliphatic heterocycles. The van der Waals surface area contributed by atoms with Gasteiger partial charge in [-0.3, -0.25) is 0 Å². The van der Waals surface area contributed by atoms with Crippen LogP contribution in [-0.4, -0.2) is 0 Å². The largest absolute Gasteiger partial charge is 0.0622 e. The van der Waals surface area contributed by atoms with Gasteiger partial charge in [0.2, 0.25) is 0 Å². The van der Waals surface area contributed by atoms with Gasteiger partial charge in [0.1, 0.15) is 0 Å². The van der Waals surface area contributed by atoms with Crippen molar-refractivity contribution in [3.63, 3.8) is 0 Å². The highest BCUT2D eigenvalue weighted by Gasteiger charge is 2.11. The predicted molar refractivity (Wildman–Crippen MR) is 147 cm³/mol. The Hall–Kier alpha value is -4.42. The van der Waals surface area contributed by atoms with Crippen molar-refractivity contribution < 1.29 is 0 Å². The second kappa shape index (κ2) is 7.57. The van der Waals surface area contributed by atoms with Crippen LogP contribution in [0.3, 0.4) is 0 Å². The maximum Gasteiger partial charge on any atom is -0.00990 e. The maximum atomic E-state index is 2.36. The minimum absolute atomic E-state index is 1.24. The van der Waals surface area contributed by atoms with E-state index in [0.29, 0.717) is 0 Å². The van der Waals surface area contributed by atoms with Crippen LogP contribution in [0.1, 0.15) is 0 Å². The summed E-state index contributed by atoms with van der Waals surface area (Å²) >= 11 is 0. The van der Waals surface area contributed by atoms with Crippen LogP contribution < -0.4 is 0 Å². The molecule has 0 aliphatic carbocycles. The third kappa shape index (κ3) is 3.16. The maximum absolute atomic E-state index is 2.36. The van der Waals surface area contributed by atoms with Crippen LogP contribution in [0.2, 0.25) is 0 Å². The summed E-state index contributed by atoms with van der Waals surface area (Å²) in [7, 11) is 0. The van der Waals surface area contributed by atoms with Gasteiger partial charge >= 0.3 is 0 Å². The molecule has 0 saturated heterocycles. The Bertz CT molecular complexity index is 1690. The van der Waals surface area contributed by atoms with E-state index in [4.69, 9.17) is 0 Å². The van der Waals surface area contributed by atoms with Crippen molar-refractivity contribution in [2.45, 2.75) is 0 Å². The fraction of sp³-hybridized carbons (Fsp3) is 0. The van der Waals surface area contributed by atoms with E-state index < -0.39 is 0 Å². The first-order chi connectivity index (χ1) is 16.8. The number of benzene rings is 7. The summed E-state index contributed by atoms with van der Waals surface area (Å²) in [5, 5.41) is 10.2. The van der Waals surface area contributed by atoms with Gasteiger partial charge in [-0.05, 0) is 114 Å². The van der Waals surface area contributed by atoms with E-state index in [1.54, 1.807) is 0 Å². The summed E-state index contributed by atoms with van der Waals surface area (Å²) in [6.07, 6.45) is 0. The van der Waals surface area contributed by atoms with Gasteiger partial charge in [0.25, 0.3) is 0 Å². The van der Waals surface area contributed by atoms with Gasteiger partial charge in [0.05, 0.1) is 0 Å². The van der Waals surface area contributed by atoms with E-state index in [0.717, 1.165) is 0 Å². The molecule has 0 heteroatoms. The molecule has 0 amide bonds. The summed E-state index contributed by atoms with van der Waals surface area (Å²) in [5.74, 6) is 0. The molecule has 0 unspecified atom stereocenters. The second-order valence-corrected chi connectivity index (χ2v) is 9.08. The first kappa shape index (κ1) is 19.1. The summed E-state index contributed by atoms with van der Waals surface area (Å²) < 4.78 is 0. The summed E-state index contributed by atoms with van der Waals surface area (Å²) in [4.78, 5) is 0. The van der Waals surface area contributed by atoms with Gasteiger partial charge in [-0.1, -0.05) is 84.9 Å². The Morgan fingerprint density at radius 2 is 0.529 bits per heavy atom. The molecule has 0 saturated carbocycles. The van der Waals surface area contributed by atoms with Crippen LogP contribution in [0.4, 0.5) is 0 Å². The molecular weight excluding hydrogens is 408 g/mol. The van der Waals surface area contributed by atoms with Crippen molar-refractivity contribution in [1.29, 1.82) is 0 Å². The van der Waals surface area contributed by atoms with E-state index >= 15 is 0 Å². The van der Waals surface area contributed by atoms with Gasteiger partial charge in [-0.25, -0.2) is 0 Å². The molecule has 7 aromatic rings. The number of rotatable bonds is 2. The van der Waals surface area contributed by atoms with Crippen LogP contribution in [-0.2, 0) is 0 Å². The molecule has 0 fully saturated rings. The van der Waals surface area contributed by atoms with E-state index in [2.05, 4.69) is 133 Å². The quantitative estimate of drug-likeness (QED) is 0.239. The van der Waals surface area contributed by atoms with E-state index in [1.165, 1.54) is 65.3 Å². The van der Waals surface area contributed by atoms with E-state index in [9.17, 15) is 0 Å². The third-order valence-corrected chi connectivity index (χ3v) is 6.92. The van der Waals surface area contributed by atoms with E-state index in [-0.39, 0.29) is 0 Å². The molecule has 0 radical (unpaired) electrons. The first-order valence-corrected chi connectivity index (χ1v) is 11.8. The van der Waals surface area contributed by atoms with Gasteiger partial charge < -0.3 is 0 Å². The Balaban J connectivity index is 1.52. The average molecular weight is 431 g/mol. The third-order valence-electron chi connectivity index (χ3n) is 6.92. The lowest BCUT2D eigenvalue weighted by Gasteiger charge is -2.14. The Morgan fingerprint density at radius 3 is 0.912 bits per heavy atom. The topological polar surface area (TPSA) is 0 Å². The molecule has 0 aliphatic rings. The first-order valence-electron chi connectivity index (χ1n) is 11.8. The molecule has 0 N–H and O–H groups in total.